The van der Waals surface area contributed by atoms with Gasteiger partial charge >= 0.3 is 0 Å². The Morgan fingerprint density at radius 3 is 2.95 bits per heavy atom. The lowest BCUT2D eigenvalue weighted by Crippen LogP contribution is -2.00. The molecule has 0 bridgehead atoms. The van der Waals surface area contributed by atoms with E-state index >= 15 is 0 Å². The third-order valence-electron chi connectivity index (χ3n) is 3.52. The SMILES string of the molecule is O=Cc1ncc(Br)cc1OCc1ccc2c(c1)CCC2. The quantitative estimate of drug-likeness (QED) is 0.801. The summed E-state index contributed by atoms with van der Waals surface area (Å²) in [6.45, 7) is 0.451. The Morgan fingerprint density at radius 1 is 1.25 bits per heavy atom. The number of hydrogen-bond acceptors (Lipinski definition) is 3. The summed E-state index contributed by atoms with van der Waals surface area (Å²) >= 11 is 3.33. The second kappa shape index (κ2) is 5.75. The predicted molar refractivity (Wildman–Crippen MR) is 80.1 cm³/mol. The largest absolute Gasteiger partial charge is 0.486 e. The molecular formula is C16H14BrNO2. The second-order valence-electron chi connectivity index (χ2n) is 4.90. The lowest BCUT2D eigenvalue weighted by molar-refractivity contribution is 0.111. The molecule has 0 N–H and O–H groups in total. The molecule has 0 fully saturated rings. The number of aromatic nitrogens is 1. The summed E-state index contributed by atoms with van der Waals surface area (Å²) in [4.78, 5) is 15.0. The Hall–Kier alpha value is -1.68. The molecule has 0 aliphatic heterocycles. The number of nitrogens with zero attached hydrogens (tertiary/aromatic N) is 1. The highest BCUT2D eigenvalue weighted by atomic mass is 79.9. The molecule has 0 amide bonds. The second-order valence-corrected chi connectivity index (χ2v) is 5.82. The number of fused-ring (bicyclic) bond motifs is 1. The van der Waals surface area contributed by atoms with Crippen LogP contribution in [-0.4, -0.2) is 11.3 Å². The van der Waals surface area contributed by atoms with Gasteiger partial charge in [-0.25, -0.2) is 4.98 Å². The molecule has 102 valence electrons. The molecule has 0 unspecified atom stereocenters. The minimum atomic E-state index is 0.328. The zero-order valence-electron chi connectivity index (χ0n) is 10.9. The minimum absolute atomic E-state index is 0.328. The summed E-state index contributed by atoms with van der Waals surface area (Å²) in [6, 6.07) is 8.25. The van der Waals surface area contributed by atoms with Crippen molar-refractivity contribution in [1.29, 1.82) is 0 Å². The van der Waals surface area contributed by atoms with E-state index in [-0.39, 0.29) is 0 Å². The van der Waals surface area contributed by atoms with Crippen LogP contribution in [0.15, 0.2) is 34.9 Å². The van der Waals surface area contributed by atoms with Crippen molar-refractivity contribution >= 4 is 22.2 Å². The fourth-order valence-corrected chi connectivity index (χ4v) is 2.82. The van der Waals surface area contributed by atoms with Crippen LogP contribution in [0.25, 0.3) is 0 Å². The minimum Gasteiger partial charge on any atom is -0.486 e. The third kappa shape index (κ3) is 2.75. The molecule has 2 aromatic rings. The molecular weight excluding hydrogens is 318 g/mol. The van der Waals surface area contributed by atoms with Crippen LogP contribution in [0.3, 0.4) is 0 Å². The Kier molecular flexibility index (Phi) is 3.83. The Balaban J connectivity index is 1.76. The van der Waals surface area contributed by atoms with Gasteiger partial charge in [0.05, 0.1) is 0 Å². The average Bonchev–Trinajstić information content (AvgIpc) is 2.92. The predicted octanol–water partition coefficient (Wildman–Crippen LogP) is 3.72. The maximum atomic E-state index is 10.9. The number of pyridine rings is 1. The molecule has 1 aliphatic carbocycles. The number of carbonyl (C=O) groups is 1. The van der Waals surface area contributed by atoms with Crippen molar-refractivity contribution in [3.8, 4) is 5.75 Å². The Labute approximate surface area is 126 Å². The Bertz CT molecular complexity index is 655. The van der Waals surface area contributed by atoms with Gasteiger partial charge in [-0.2, -0.15) is 0 Å². The normalized spacial score (nSPS) is 13.1. The number of halogens is 1. The first-order valence-electron chi connectivity index (χ1n) is 6.60. The first kappa shape index (κ1) is 13.3. The standard InChI is InChI=1S/C16H14BrNO2/c17-14-7-16(15(9-19)18-8-14)20-10-11-4-5-12-2-1-3-13(12)6-11/h4-9H,1-3,10H2. The van der Waals surface area contributed by atoms with Crippen molar-refractivity contribution in [1.82, 2.24) is 4.98 Å². The molecule has 0 radical (unpaired) electrons. The van der Waals surface area contributed by atoms with Crippen LogP contribution in [0.2, 0.25) is 0 Å². The molecule has 0 saturated heterocycles. The molecule has 0 spiro atoms. The van der Waals surface area contributed by atoms with E-state index in [9.17, 15) is 4.79 Å². The van der Waals surface area contributed by atoms with Crippen molar-refractivity contribution in [2.75, 3.05) is 0 Å². The maximum absolute atomic E-state index is 10.9. The first-order chi connectivity index (χ1) is 9.76. The van der Waals surface area contributed by atoms with Gasteiger partial charge < -0.3 is 4.74 Å². The van der Waals surface area contributed by atoms with Gasteiger partial charge in [0.2, 0.25) is 0 Å². The van der Waals surface area contributed by atoms with Gasteiger partial charge in [-0.3, -0.25) is 4.79 Å². The molecule has 4 heteroatoms. The summed E-state index contributed by atoms with van der Waals surface area (Å²) < 4.78 is 6.53. The molecule has 1 aromatic heterocycles. The molecule has 1 aliphatic rings. The van der Waals surface area contributed by atoms with Crippen molar-refractivity contribution in [3.63, 3.8) is 0 Å². The maximum Gasteiger partial charge on any atom is 0.172 e. The number of ether oxygens (including phenoxy) is 1. The van der Waals surface area contributed by atoms with Gasteiger partial charge in [-0.1, -0.05) is 18.2 Å². The van der Waals surface area contributed by atoms with Crippen molar-refractivity contribution in [3.05, 3.63) is 57.3 Å². The van der Waals surface area contributed by atoms with Gasteiger partial charge in [0, 0.05) is 10.7 Å². The van der Waals surface area contributed by atoms with Crippen molar-refractivity contribution in [2.24, 2.45) is 0 Å². The zero-order valence-corrected chi connectivity index (χ0v) is 12.5. The third-order valence-corrected chi connectivity index (χ3v) is 3.95. The van der Waals surface area contributed by atoms with E-state index in [1.165, 1.54) is 24.0 Å². The number of carbonyl (C=O) groups excluding carboxylic acids is 1. The van der Waals surface area contributed by atoms with E-state index in [0.717, 1.165) is 16.5 Å². The number of benzene rings is 1. The molecule has 3 rings (SSSR count). The highest BCUT2D eigenvalue weighted by Crippen LogP contribution is 2.25. The lowest BCUT2D eigenvalue weighted by Gasteiger charge is -2.09. The van der Waals surface area contributed by atoms with Crippen molar-refractivity contribution in [2.45, 2.75) is 25.9 Å². The first-order valence-corrected chi connectivity index (χ1v) is 7.40. The van der Waals surface area contributed by atoms with E-state index < -0.39 is 0 Å². The van der Waals surface area contributed by atoms with Crippen LogP contribution in [0.5, 0.6) is 5.75 Å². The summed E-state index contributed by atoms with van der Waals surface area (Å²) in [7, 11) is 0. The molecule has 20 heavy (non-hydrogen) atoms. The Morgan fingerprint density at radius 2 is 2.10 bits per heavy atom. The van der Waals surface area contributed by atoms with Gasteiger partial charge in [0.1, 0.15) is 18.1 Å². The van der Waals surface area contributed by atoms with Crippen LogP contribution in [-0.2, 0) is 19.4 Å². The monoisotopic (exact) mass is 331 g/mol. The van der Waals surface area contributed by atoms with Gasteiger partial charge in [-0.05, 0) is 57.9 Å². The van der Waals surface area contributed by atoms with Crippen LogP contribution >= 0.6 is 15.9 Å². The summed E-state index contributed by atoms with van der Waals surface area (Å²) in [6.07, 6.45) is 5.88. The van der Waals surface area contributed by atoms with Gasteiger partial charge in [0.25, 0.3) is 0 Å². The number of rotatable bonds is 4. The van der Waals surface area contributed by atoms with Crippen molar-refractivity contribution < 1.29 is 9.53 Å². The number of aryl methyl sites for hydroxylation is 2. The summed E-state index contributed by atoms with van der Waals surface area (Å²) in [5.41, 5.74) is 4.33. The molecule has 1 heterocycles. The smallest absolute Gasteiger partial charge is 0.172 e. The highest BCUT2D eigenvalue weighted by Gasteiger charge is 2.11. The van der Waals surface area contributed by atoms with Crippen LogP contribution < -0.4 is 4.74 Å². The molecule has 1 aromatic carbocycles. The molecule has 0 saturated carbocycles. The highest BCUT2D eigenvalue weighted by molar-refractivity contribution is 9.10. The molecule has 0 atom stereocenters. The van der Waals surface area contributed by atoms with Gasteiger partial charge in [0.15, 0.2) is 6.29 Å². The van der Waals surface area contributed by atoms with E-state index in [0.29, 0.717) is 24.3 Å². The topological polar surface area (TPSA) is 39.2 Å². The molecule has 3 nitrogen and oxygen atoms in total. The number of hydrogen-bond donors (Lipinski definition) is 0. The fraction of sp³-hybridized carbons (Fsp3) is 0.250. The van der Waals surface area contributed by atoms with Crippen LogP contribution in [0, 0.1) is 0 Å². The van der Waals surface area contributed by atoms with E-state index in [2.05, 4.69) is 39.1 Å². The summed E-state index contributed by atoms with van der Waals surface area (Å²) in [5.74, 6) is 0.509. The van der Waals surface area contributed by atoms with Gasteiger partial charge in [-0.15, -0.1) is 0 Å². The number of aldehydes is 1. The fourth-order valence-electron chi connectivity index (χ4n) is 2.51. The van der Waals surface area contributed by atoms with E-state index in [1.54, 1.807) is 12.3 Å². The average molecular weight is 332 g/mol. The van der Waals surface area contributed by atoms with Crippen LogP contribution in [0.4, 0.5) is 0 Å². The zero-order chi connectivity index (χ0) is 13.9. The van der Waals surface area contributed by atoms with E-state index in [4.69, 9.17) is 4.74 Å². The van der Waals surface area contributed by atoms with Crippen LogP contribution in [0.1, 0.15) is 33.6 Å². The summed E-state index contributed by atoms with van der Waals surface area (Å²) in [5, 5.41) is 0. The lowest BCUT2D eigenvalue weighted by atomic mass is 10.1. The van der Waals surface area contributed by atoms with E-state index in [1.807, 2.05) is 0 Å².